The fraction of sp³-hybridized carbons (Fsp3) is 0.519. The first-order valence-electron chi connectivity index (χ1n) is 11.8. The van der Waals surface area contributed by atoms with Crippen molar-refractivity contribution >= 4 is 5.78 Å². The summed E-state index contributed by atoms with van der Waals surface area (Å²) < 4.78 is 11.3. The van der Waals surface area contributed by atoms with Crippen LogP contribution in [0.5, 0.6) is 0 Å². The van der Waals surface area contributed by atoms with Crippen LogP contribution < -0.4 is 0 Å². The molecule has 0 N–H and O–H groups in total. The minimum absolute atomic E-state index is 0.0204. The normalized spacial score (nSPS) is 20.6. The summed E-state index contributed by atoms with van der Waals surface area (Å²) in [5, 5.41) is 0. The molecule has 5 heteroatoms. The minimum Gasteiger partial charge on any atom is -0.379 e. The highest BCUT2D eigenvalue weighted by Gasteiger charge is 2.39. The molecule has 2 fully saturated rings. The van der Waals surface area contributed by atoms with E-state index in [1.54, 1.807) is 0 Å². The third-order valence-corrected chi connectivity index (χ3v) is 6.62. The Hall–Kier alpha value is -2.05. The summed E-state index contributed by atoms with van der Waals surface area (Å²) >= 11 is 0. The lowest BCUT2D eigenvalue weighted by molar-refractivity contribution is -0.0301. The molecule has 2 aliphatic rings. The number of carbonyl (C=O) groups excluding carboxylic acids is 1. The van der Waals surface area contributed by atoms with E-state index in [0.29, 0.717) is 26.4 Å². The van der Waals surface area contributed by atoms with Crippen LogP contribution in [0.15, 0.2) is 54.6 Å². The average Bonchev–Trinajstić information content (AvgIpc) is 2.83. The van der Waals surface area contributed by atoms with Crippen molar-refractivity contribution in [2.24, 2.45) is 0 Å². The zero-order chi connectivity index (χ0) is 22.6. The fourth-order valence-corrected chi connectivity index (χ4v) is 4.77. The monoisotopic (exact) mass is 436 g/mol. The van der Waals surface area contributed by atoms with E-state index in [-0.39, 0.29) is 23.3 Å². The van der Waals surface area contributed by atoms with Crippen LogP contribution in [-0.4, -0.2) is 74.2 Å². The molecular weight excluding hydrogens is 400 g/mol. The van der Waals surface area contributed by atoms with Crippen LogP contribution in [0.4, 0.5) is 0 Å². The molecule has 0 bridgehead atoms. The van der Waals surface area contributed by atoms with Gasteiger partial charge in [-0.1, -0.05) is 75.4 Å². The molecule has 2 aliphatic heterocycles. The molecule has 2 saturated heterocycles. The van der Waals surface area contributed by atoms with Gasteiger partial charge in [0.2, 0.25) is 0 Å². The summed E-state index contributed by atoms with van der Waals surface area (Å²) in [6.07, 6.45) is 0. The quantitative estimate of drug-likeness (QED) is 0.642. The van der Waals surface area contributed by atoms with Gasteiger partial charge < -0.3 is 9.47 Å². The number of rotatable bonds is 6. The van der Waals surface area contributed by atoms with E-state index in [0.717, 1.165) is 31.7 Å². The third kappa shape index (κ3) is 5.29. The number of benzene rings is 2. The first-order valence-corrected chi connectivity index (χ1v) is 11.8. The molecule has 2 aromatic rings. The SMILES string of the molecule is CC(C)(C)c1ccc(C(=O)[C@H]([C@H](c2ccccc2)N2CCOCC2)N2CCOCC2)cc1. The van der Waals surface area contributed by atoms with E-state index >= 15 is 0 Å². The fourth-order valence-electron chi connectivity index (χ4n) is 4.77. The highest BCUT2D eigenvalue weighted by molar-refractivity contribution is 6.00. The number of morpholine rings is 2. The standard InChI is InChI=1S/C27H36N2O3/c1-27(2,3)23-11-9-22(10-12-23)26(30)25(29-15-19-32-20-16-29)24(21-7-5-4-6-8-21)28-13-17-31-18-14-28/h4-12,24-25H,13-20H2,1-3H3/t24-,25-/m0/s1. The molecule has 0 amide bonds. The second kappa shape index (κ2) is 10.3. The largest absolute Gasteiger partial charge is 0.379 e. The zero-order valence-corrected chi connectivity index (χ0v) is 19.6. The van der Waals surface area contributed by atoms with Crippen LogP contribution >= 0.6 is 0 Å². The molecule has 0 saturated carbocycles. The van der Waals surface area contributed by atoms with Crippen LogP contribution in [0.1, 0.15) is 48.3 Å². The number of hydrogen-bond donors (Lipinski definition) is 0. The van der Waals surface area contributed by atoms with E-state index in [4.69, 9.17) is 9.47 Å². The van der Waals surface area contributed by atoms with Gasteiger partial charge in [-0.2, -0.15) is 0 Å². The molecule has 0 aliphatic carbocycles. The molecule has 2 heterocycles. The molecule has 32 heavy (non-hydrogen) atoms. The first-order chi connectivity index (χ1) is 15.4. The van der Waals surface area contributed by atoms with Crippen molar-refractivity contribution in [2.45, 2.75) is 38.3 Å². The molecule has 5 nitrogen and oxygen atoms in total. The van der Waals surface area contributed by atoms with E-state index in [9.17, 15) is 4.79 Å². The van der Waals surface area contributed by atoms with Crippen LogP contribution in [0.2, 0.25) is 0 Å². The van der Waals surface area contributed by atoms with Gasteiger partial charge >= 0.3 is 0 Å². The number of Topliss-reactive ketones (excluding diaryl/α,β-unsaturated/α-hetero) is 1. The molecule has 0 aromatic heterocycles. The molecule has 172 valence electrons. The Morgan fingerprint density at radius 1 is 0.781 bits per heavy atom. The van der Waals surface area contributed by atoms with Crippen molar-refractivity contribution < 1.29 is 14.3 Å². The van der Waals surface area contributed by atoms with Crippen LogP contribution in [0.3, 0.4) is 0 Å². The predicted octanol–water partition coefficient (Wildman–Crippen LogP) is 3.94. The van der Waals surface area contributed by atoms with Crippen molar-refractivity contribution in [3.05, 3.63) is 71.3 Å². The first kappa shape index (κ1) is 23.1. The topological polar surface area (TPSA) is 42.0 Å². The van der Waals surface area contributed by atoms with Gasteiger partial charge in [-0.05, 0) is 16.5 Å². The van der Waals surface area contributed by atoms with E-state index < -0.39 is 0 Å². The van der Waals surface area contributed by atoms with E-state index in [1.165, 1.54) is 11.1 Å². The maximum atomic E-state index is 14.1. The predicted molar refractivity (Wildman–Crippen MR) is 127 cm³/mol. The van der Waals surface area contributed by atoms with Crippen LogP contribution in [0.25, 0.3) is 0 Å². The number of ketones is 1. The summed E-state index contributed by atoms with van der Waals surface area (Å²) in [5.41, 5.74) is 3.27. The molecule has 4 rings (SSSR count). The van der Waals surface area contributed by atoms with E-state index in [1.807, 2.05) is 18.2 Å². The lowest BCUT2D eigenvalue weighted by atomic mass is 9.85. The third-order valence-electron chi connectivity index (χ3n) is 6.62. The molecule has 0 unspecified atom stereocenters. The Bertz CT molecular complexity index is 864. The van der Waals surface area contributed by atoms with Gasteiger partial charge in [0.05, 0.1) is 38.5 Å². The van der Waals surface area contributed by atoms with Crippen molar-refractivity contribution in [3.63, 3.8) is 0 Å². The second-order valence-electron chi connectivity index (χ2n) is 9.79. The van der Waals surface area contributed by atoms with Crippen LogP contribution in [0, 0.1) is 0 Å². The maximum absolute atomic E-state index is 14.1. The van der Waals surface area contributed by atoms with Gasteiger partial charge in [-0.3, -0.25) is 14.6 Å². The van der Waals surface area contributed by atoms with Crippen molar-refractivity contribution in [1.82, 2.24) is 9.80 Å². The molecule has 0 spiro atoms. The second-order valence-corrected chi connectivity index (χ2v) is 9.79. The Kier molecular flexibility index (Phi) is 7.41. The summed E-state index contributed by atoms with van der Waals surface area (Å²) in [5.74, 6) is 0.188. The molecule has 0 radical (unpaired) electrons. The Morgan fingerprint density at radius 3 is 1.84 bits per heavy atom. The van der Waals surface area contributed by atoms with E-state index in [2.05, 4.69) is 67.0 Å². The van der Waals surface area contributed by atoms with Gasteiger partial charge in [-0.25, -0.2) is 0 Å². The summed E-state index contributed by atoms with van der Waals surface area (Å²) in [4.78, 5) is 18.9. The van der Waals surface area contributed by atoms with Crippen LogP contribution in [-0.2, 0) is 14.9 Å². The summed E-state index contributed by atoms with van der Waals surface area (Å²) in [6.45, 7) is 12.5. The number of hydrogen-bond acceptors (Lipinski definition) is 5. The maximum Gasteiger partial charge on any atom is 0.181 e. The number of nitrogens with zero attached hydrogens (tertiary/aromatic N) is 2. The minimum atomic E-state index is -0.264. The Balaban J connectivity index is 1.73. The highest BCUT2D eigenvalue weighted by Crippen LogP contribution is 2.32. The van der Waals surface area contributed by atoms with Gasteiger partial charge in [0, 0.05) is 31.7 Å². The molecule has 2 atom stereocenters. The molecular formula is C27H36N2O3. The zero-order valence-electron chi connectivity index (χ0n) is 19.6. The smallest absolute Gasteiger partial charge is 0.181 e. The van der Waals surface area contributed by atoms with Crippen molar-refractivity contribution in [3.8, 4) is 0 Å². The summed E-state index contributed by atoms with van der Waals surface area (Å²) in [6, 6.07) is 18.4. The van der Waals surface area contributed by atoms with Crippen molar-refractivity contribution in [2.75, 3.05) is 52.6 Å². The average molecular weight is 437 g/mol. The molecule has 2 aromatic carbocycles. The van der Waals surface area contributed by atoms with Gasteiger partial charge in [-0.15, -0.1) is 0 Å². The van der Waals surface area contributed by atoms with Gasteiger partial charge in [0.1, 0.15) is 0 Å². The summed E-state index contributed by atoms with van der Waals surface area (Å²) in [7, 11) is 0. The highest BCUT2D eigenvalue weighted by atomic mass is 16.5. The van der Waals surface area contributed by atoms with Gasteiger partial charge in [0.15, 0.2) is 5.78 Å². The Labute approximate surface area is 192 Å². The van der Waals surface area contributed by atoms with Crippen molar-refractivity contribution in [1.29, 1.82) is 0 Å². The number of carbonyl (C=O) groups is 1. The number of ether oxygens (including phenoxy) is 2. The Morgan fingerprint density at radius 2 is 1.31 bits per heavy atom. The lowest BCUT2D eigenvalue weighted by Gasteiger charge is -2.44. The lowest BCUT2D eigenvalue weighted by Crippen LogP contribution is -2.55. The van der Waals surface area contributed by atoms with Gasteiger partial charge in [0.25, 0.3) is 0 Å².